The fraction of sp³-hybridized carbons (Fsp3) is 0.269. The first-order valence-electron chi connectivity index (χ1n) is 10.9. The van der Waals surface area contributed by atoms with Gasteiger partial charge in [-0.2, -0.15) is 10.2 Å². The van der Waals surface area contributed by atoms with Crippen LogP contribution in [0.5, 0.6) is 5.75 Å². The van der Waals surface area contributed by atoms with Gasteiger partial charge in [-0.1, -0.05) is 48.0 Å². The predicted molar refractivity (Wildman–Crippen MR) is 127 cm³/mol. The van der Waals surface area contributed by atoms with E-state index in [4.69, 9.17) is 9.15 Å². The quantitative estimate of drug-likeness (QED) is 0.573. The number of hydrogen-bond acceptors (Lipinski definition) is 6. The van der Waals surface area contributed by atoms with Crippen LogP contribution >= 0.6 is 0 Å². The fourth-order valence-corrected chi connectivity index (χ4v) is 3.64. The number of anilines is 1. The van der Waals surface area contributed by atoms with Gasteiger partial charge >= 0.3 is 0 Å². The summed E-state index contributed by atoms with van der Waals surface area (Å²) in [6.07, 6.45) is 3.67. The van der Waals surface area contributed by atoms with Crippen LogP contribution in [0.15, 0.2) is 52.9 Å². The summed E-state index contributed by atoms with van der Waals surface area (Å²) in [5, 5.41) is 9.51. The van der Waals surface area contributed by atoms with Gasteiger partial charge in [-0.05, 0) is 37.1 Å². The second-order valence-corrected chi connectivity index (χ2v) is 7.98. The summed E-state index contributed by atoms with van der Waals surface area (Å²) in [6.45, 7) is 6.16. The molecule has 0 bridgehead atoms. The normalized spacial score (nSPS) is 13.8. The van der Waals surface area contributed by atoms with E-state index in [-0.39, 0.29) is 18.2 Å². The molecule has 1 saturated heterocycles. The molecule has 7 nitrogen and oxygen atoms in total. The van der Waals surface area contributed by atoms with Crippen LogP contribution in [0.25, 0.3) is 12.2 Å². The molecule has 0 saturated carbocycles. The van der Waals surface area contributed by atoms with Crippen molar-refractivity contribution in [3.05, 3.63) is 76.8 Å². The third kappa shape index (κ3) is 5.42. The molecule has 0 spiro atoms. The van der Waals surface area contributed by atoms with E-state index in [1.807, 2.05) is 73.4 Å². The van der Waals surface area contributed by atoms with Gasteiger partial charge in [0.25, 0.3) is 5.91 Å². The average Bonchev–Trinajstić information content (AvgIpc) is 3.26. The molecule has 1 aliphatic rings. The van der Waals surface area contributed by atoms with Crippen LogP contribution in [0.2, 0.25) is 0 Å². The molecule has 0 N–H and O–H groups in total. The summed E-state index contributed by atoms with van der Waals surface area (Å²) < 4.78 is 11.6. The van der Waals surface area contributed by atoms with Crippen molar-refractivity contribution < 1.29 is 13.9 Å². The van der Waals surface area contributed by atoms with Crippen molar-refractivity contribution in [3.63, 3.8) is 0 Å². The lowest BCUT2D eigenvalue weighted by molar-refractivity contribution is -0.133. The second kappa shape index (κ2) is 10.0. The van der Waals surface area contributed by atoms with Crippen LogP contribution in [0.4, 0.5) is 5.88 Å². The highest BCUT2D eigenvalue weighted by Gasteiger charge is 2.26. The van der Waals surface area contributed by atoms with Crippen molar-refractivity contribution in [2.24, 2.45) is 0 Å². The van der Waals surface area contributed by atoms with Gasteiger partial charge in [-0.25, -0.2) is 0 Å². The SMILES string of the molecule is Cc1ccc(/C=C/c2nc(C#N)c(N3CCN(C(=O)COc4ccccc4C)CC3)o2)cc1. The van der Waals surface area contributed by atoms with Crippen LogP contribution in [0.1, 0.15) is 28.3 Å². The van der Waals surface area contributed by atoms with Gasteiger partial charge in [-0.15, -0.1) is 0 Å². The molecule has 33 heavy (non-hydrogen) atoms. The minimum Gasteiger partial charge on any atom is -0.484 e. The van der Waals surface area contributed by atoms with Gasteiger partial charge in [0, 0.05) is 32.3 Å². The van der Waals surface area contributed by atoms with E-state index in [2.05, 4.69) is 11.1 Å². The summed E-state index contributed by atoms with van der Waals surface area (Å²) in [5.41, 5.74) is 3.47. The number of aryl methyl sites for hydroxylation is 2. The molecule has 168 valence electrons. The number of hydrogen-bond donors (Lipinski definition) is 0. The number of para-hydroxylation sites is 1. The lowest BCUT2D eigenvalue weighted by Gasteiger charge is -2.34. The molecule has 7 heteroatoms. The number of rotatable bonds is 6. The standard InChI is InChI=1S/C26H26N4O3/c1-19-7-9-21(10-8-19)11-12-24-28-22(17-27)26(33-24)30-15-13-29(14-16-30)25(31)18-32-23-6-4-3-5-20(23)2/h3-12H,13-16,18H2,1-2H3/b12-11+. The number of ether oxygens (including phenoxy) is 1. The third-order valence-corrected chi connectivity index (χ3v) is 5.59. The maximum absolute atomic E-state index is 12.6. The number of amides is 1. The van der Waals surface area contributed by atoms with Crippen LogP contribution in [-0.2, 0) is 4.79 Å². The zero-order chi connectivity index (χ0) is 23.2. The van der Waals surface area contributed by atoms with Crippen molar-refractivity contribution in [3.8, 4) is 11.8 Å². The molecule has 4 rings (SSSR count). The van der Waals surface area contributed by atoms with Gasteiger partial charge in [0.2, 0.25) is 17.5 Å². The number of piperazine rings is 1. The Bertz CT molecular complexity index is 1180. The Morgan fingerprint density at radius 3 is 2.52 bits per heavy atom. The minimum absolute atomic E-state index is 0.00452. The molecule has 1 fully saturated rings. The first-order valence-corrected chi connectivity index (χ1v) is 10.9. The molecule has 2 heterocycles. The largest absolute Gasteiger partial charge is 0.484 e. The number of aromatic nitrogens is 1. The molecule has 1 aromatic heterocycles. The smallest absolute Gasteiger partial charge is 0.260 e. The Hall–Kier alpha value is -4.05. The van der Waals surface area contributed by atoms with E-state index >= 15 is 0 Å². The molecule has 2 aromatic carbocycles. The summed E-state index contributed by atoms with van der Waals surface area (Å²) in [7, 11) is 0. The topological polar surface area (TPSA) is 82.6 Å². The van der Waals surface area contributed by atoms with Gasteiger partial charge < -0.3 is 19.0 Å². The highest BCUT2D eigenvalue weighted by molar-refractivity contribution is 5.78. The van der Waals surface area contributed by atoms with Crippen molar-refractivity contribution in [2.45, 2.75) is 13.8 Å². The third-order valence-electron chi connectivity index (χ3n) is 5.59. The van der Waals surface area contributed by atoms with Crippen molar-refractivity contribution in [1.82, 2.24) is 9.88 Å². The predicted octanol–water partition coefficient (Wildman–Crippen LogP) is 4.06. The monoisotopic (exact) mass is 442 g/mol. The Morgan fingerprint density at radius 1 is 1.09 bits per heavy atom. The summed E-state index contributed by atoms with van der Waals surface area (Å²) in [5.74, 6) is 1.49. The number of carbonyl (C=O) groups is 1. The van der Waals surface area contributed by atoms with E-state index in [9.17, 15) is 10.1 Å². The first-order chi connectivity index (χ1) is 16.0. The molecule has 3 aromatic rings. The lowest BCUT2D eigenvalue weighted by atomic mass is 10.1. The number of nitrogens with zero attached hydrogens (tertiary/aromatic N) is 4. The van der Waals surface area contributed by atoms with Crippen LogP contribution in [-0.4, -0.2) is 48.6 Å². The number of carbonyl (C=O) groups excluding carboxylic acids is 1. The fourth-order valence-electron chi connectivity index (χ4n) is 3.64. The molecular formula is C26H26N4O3. The zero-order valence-electron chi connectivity index (χ0n) is 18.8. The summed E-state index contributed by atoms with van der Waals surface area (Å²) in [4.78, 5) is 20.6. The first kappa shape index (κ1) is 22.2. The molecular weight excluding hydrogens is 416 g/mol. The summed E-state index contributed by atoms with van der Waals surface area (Å²) in [6, 6.07) is 17.9. The number of nitriles is 1. The molecule has 1 amide bonds. The average molecular weight is 443 g/mol. The molecule has 0 atom stereocenters. The maximum atomic E-state index is 12.6. The minimum atomic E-state index is -0.0577. The van der Waals surface area contributed by atoms with Gasteiger partial charge in [0.05, 0.1) is 0 Å². The second-order valence-electron chi connectivity index (χ2n) is 7.98. The van der Waals surface area contributed by atoms with Gasteiger partial charge in [-0.3, -0.25) is 4.79 Å². The molecule has 0 aliphatic carbocycles. The van der Waals surface area contributed by atoms with Crippen LogP contribution in [0, 0.1) is 25.2 Å². The van der Waals surface area contributed by atoms with E-state index in [1.165, 1.54) is 5.56 Å². The highest BCUT2D eigenvalue weighted by Crippen LogP contribution is 2.24. The Morgan fingerprint density at radius 2 is 1.82 bits per heavy atom. The van der Waals surface area contributed by atoms with Gasteiger partial charge in [0.15, 0.2) is 6.61 Å². The Labute approximate surface area is 193 Å². The van der Waals surface area contributed by atoms with E-state index in [1.54, 1.807) is 11.0 Å². The van der Waals surface area contributed by atoms with Crippen LogP contribution < -0.4 is 9.64 Å². The summed E-state index contributed by atoms with van der Waals surface area (Å²) >= 11 is 0. The highest BCUT2D eigenvalue weighted by atomic mass is 16.5. The van der Waals surface area contributed by atoms with Crippen LogP contribution in [0.3, 0.4) is 0 Å². The van der Waals surface area contributed by atoms with Gasteiger partial charge in [0.1, 0.15) is 11.8 Å². The van der Waals surface area contributed by atoms with Crippen molar-refractivity contribution in [1.29, 1.82) is 5.26 Å². The zero-order valence-corrected chi connectivity index (χ0v) is 18.8. The van der Waals surface area contributed by atoms with E-state index in [0.29, 0.717) is 38.0 Å². The van der Waals surface area contributed by atoms with E-state index in [0.717, 1.165) is 16.9 Å². The van der Waals surface area contributed by atoms with Crippen molar-refractivity contribution >= 4 is 23.9 Å². The number of oxazole rings is 1. The van der Waals surface area contributed by atoms with E-state index < -0.39 is 0 Å². The lowest BCUT2D eigenvalue weighted by Crippen LogP contribution is -2.50. The Balaban J connectivity index is 1.35. The van der Waals surface area contributed by atoms with Crippen molar-refractivity contribution in [2.75, 3.05) is 37.7 Å². The Kier molecular flexibility index (Phi) is 6.75. The molecule has 0 unspecified atom stereocenters. The molecule has 0 radical (unpaired) electrons. The maximum Gasteiger partial charge on any atom is 0.260 e. The number of benzene rings is 2. The molecule has 1 aliphatic heterocycles.